The van der Waals surface area contributed by atoms with Gasteiger partial charge in [0.1, 0.15) is 5.75 Å². The summed E-state index contributed by atoms with van der Waals surface area (Å²) in [6.45, 7) is 7.88. The second kappa shape index (κ2) is 7.67. The molecule has 1 aromatic carbocycles. The third-order valence-corrected chi connectivity index (χ3v) is 6.17. The van der Waals surface area contributed by atoms with Gasteiger partial charge < -0.3 is 15.2 Å². The van der Waals surface area contributed by atoms with Gasteiger partial charge >= 0.3 is 5.97 Å². The van der Waals surface area contributed by atoms with E-state index in [4.69, 9.17) is 4.74 Å². The molecular formula is C21H23Br2NO4. The quantitative estimate of drug-likeness (QED) is 0.552. The summed E-state index contributed by atoms with van der Waals surface area (Å²) >= 11 is 6.81. The lowest BCUT2D eigenvalue weighted by Crippen LogP contribution is -2.38. The molecule has 0 aromatic heterocycles. The molecule has 0 saturated heterocycles. The Bertz CT molecular complexity index is 931. The number of phenolic OH excluding ortho intramolecular Hbond substituents is 1. The van der Waals surface area contributed by atoms with Crippen molar-refractivity contribution in [3.63, 3.8) is 0 Å². The van der Waals surface area contributed by atoms with Crippen LogP contribution in [0.15, 0.2) is 43.6 Å². The normalized spacial score (nSPS) is 21.4. The zero-order chi connectivity index (χ0) is 20.8. The van der Waals surface area contributed by atoms with Crippen LogP contribution in [0.5, 0.6) is 5.75 Å². The molecule has 0 spiro atoms. The number of halogens is 2. The smallest absolute Gasteiger partial charge is 0.336 e. The second-order valence-corrected chi connectivity index (χ2v) is 9.75. The van der Waals surface area contributed by atoms with Crippen molar-refractivity contribution in [1.82, 2.24) is 5.32 Å². The first-order valence-corrected chi connectivity index (χ1v) is 10.7. The van der Waals surface area contributed by atoms with Crippen LogP contribution in [-0.2, 0) is 14.3 Å². The molecule has 7 heteroatoms. The van der Waals surface area contributed by atoms with Crippen LogP contribution in [0.2, 0.25) is 0 Å². The third-order valence-electron chi connectivity index (χ3n) is 5.10. The van der Waals surface area contributed by atoms with Gasteiger partial charge in [-0.2, -0.15) is 0 Å². The molecule has 2 N–H and O–H groups in total. The number of rotatable bonds is 3. The van der Waals surface area contributed by atoms with E-state index in [1.165, 1.54) is 0 Å². The van der Waals surface area contributed by atoms with E-state index in [0.29, 0.717) is 39.7 Å². The molecule has 0 unspecified atom stereocenters. The molecule has 0 saturated carbocycles. The fourth-order valence-electron chi connectivity index (χ4n) is 4.03. The minimum Gasteiger partial charge on any atom is -0.506 e. The van der Waals surface area contributed by atoms with Gasteiger partial charge in [-0.1, -0.05) is 29.8 Å². The Balaban J connectivity index is 2.27. The topological polar surface area (TPSA) is 75.6 Å². The number of benzene rings is 1. The number of allylic oxidation sites excluding steroid dienone is 3. The van der Waals surface area contributed by atoms with E-state index in [-0.39, 0.29) is 23.6 Å². The molecule has 1 aliphatic heterocycles. The monoisotopic (exact) mass is 511 g/mol. The Hall–Kier alpha value is -1.60. The number of hydrogen-bond donors (Lipinski definition) is 2. The van der Waals surface area contributed by atoms with Crippen LogP contribution in [0.1, 0.15) is 52.0 Å². The molecular weight excluding hydrogens is 490 g/mol. The highest BCUT2D eigenvalue weighted by Crippen LogP contribution is 2.50. The predicted molar refractivity (Wildman–Crippen MR) is 114 cm³/mol. The summed E-state index contributed by atoms with van der Waals surface area (Å²) in [6, 6.07) is 3.47. The highest BCUT2D eigenvalue weighted by atomic mass is 79.9. The van der Waals surface area contributed by atoms with Gasteiger partial charge in [0.2, 0.25) is 0 Å². The van der Waals surface area contributed by atoms with Crippen molar-refractivity contribution in [2.75, 3.05) is 6.61 Å². The maximum absolute atomic E-state index is 13.2. The van der Waals surface area contributed by atoms with Crippen LogP contribution in [0.25, 0.3) is 0 Å². The van der Waals surface area contributed by atoms with E-state index in [1.807, 2.05) is 0 Å². The summed E-state index contributed by atoms with van der Waals surface area (Å²) in [5.41, 5.74) is 2.66. The van der Waals surface area contributed by atoms with Gasteiger partial charge in [-0.15, -0.1) is 0 Å². The van der Waals surface area contributed by atoms with Crippen LogP contribution in [0.3, 0.4) is 0 Å². The summed E-state index contributed by atoms with van der Waals surface area (Å²) in [5, 5.41) is 14.0. The van der Waals surface area contributed by atoms with E-state index >= 15 is 0 Å². The zero-order valence-electron chi connectivity index (χ0n) is 16.3. The van der Waals surface area contributed by atoms with Crippen LogP contribution in [0.4, 0.5) is 0 Å². The van der Waals surface area contributed by atoms with Crippen LogP contribution < -0.4 is 5.32 Å². The highest BCUT2D eigenvalue weighted by Gasteiger charge is 2.44. The van der Waals surface area contributed by atoms with E-state index in [0.717, 1.165) is 10.2 Å². The predicted octanol–water partition coefficient (Wildman–Crippen LogP) is 5.08. The number of esters is 1. The number of carbonyl (C=O) groups excluding carboxylic acids is 2. The summed E-state index contributed by atoms with van der Waals surface area (Å²) in [5.74, 6) is -1.19. The van der Waals surface area contributed by atoms with Crippen molar-refractivity contribution in [2.45, 2.75) is 46.5 Å². The number of dihydropyridines is 1. The molecule has 0 amide bonds. The minimum atomic E-state index is -0.687. The molecule has 3 rings (SSSR count). The zero-order valence-corrected chi connectivity index (χ0v) is 19.5. The van der Waals surface area contributed by atoms with E-state index in [1.54, 1.807) is 26.0 Å². The van der Waals surface area contributed by atoms with Crippen molar-refractivity contribution < 1.29 is 19.4 Å². The number of ether oxygens (including phenoxy) is 1. The van der Waals surface area contributed by atoms with Gasteiger partial charge in [-0.3, -0.25) is 4.79 Å². The molecule has 0 fully saturated rings. The van der Waals surface area contributed by atoms with Crippen molar-refractivity contribution >= 4 is 43.6 Å². The molecule has 0 radical (unpaired) electrons. The van der Waals surface area contributed by atoms with E-state index in [2.05, 4.69) is 51.0 Å². The minimum absolute atomic E-state index is 0.00850. The van der Waals surface area contributed by atoms with Crippen molar-refractivity contribution in [2.24, 2.45) is 5.41 Å². The number of phenols is 1. The van der Waals surface area contributed by atoms with Gasteiger partial charge in [0.15, 0.2) is 5.78 Å². The first kappa shape index (κ1) is 21.1. The lowest BCUT2D eigenvalue weighted by Gasteiger charge is -2.39. The summed E-state index contributed by atoms with van der Waals surface area (Å²) < 4.78 is 6.51. The van der Waals surface area contributed by atoms with Gasteiger partial charge in [0.25, 0.3) is 0 Å². The lowest BCUT2D eigenvalue weighted by atomic mass is 9.68. The number of aromatic hydroxyl groups is 1. The molecule has 1 heterocycles. The average molecular weight is 513 g/mol. The summed E-state index contributed by atoms with van der Waals surface area (Å²) in [6.07, 6.45) is 1.07. The Morgan fingerprint density at radius 3 is 2.64 bits per heavy atom. The first-order chi connectivity index (χ1) is 13.1. The molecule has 28 heavy (non-hydrogen) atoms. The maximum atomic E-state index is 13.2. The average Bonchev–Trinajstić information content (AvgIpc) is 2.55. The third kappa shape index (κ3) is 3.79. The van der Waals surface area contributed by atoms with Crippen LogP contribution in [0, 0.1) is 5.41 Å². The number of nitrogens with one attached hydrogen (secondary N) is 1. The number of carbonyl (C=O) groups is 2. The molecule has 5 nitrogen and oxygen atoms in total. The molecule has 1 aliphatic carbocycles. The Labute approximate surface area is 181 Å². The summed E-state index contributed by atoms with van der Waals surface area (Å²) in [7, 11) is 0. The molecule has 0 bridgehead atoms. The Morgan fingerprint density at radius 2 is 2.00 bits per heavy atom. The highest BCUT2D eigenvalue weighted by molar-refractivity contribution is 9.11. The van der Waals surface area contributed by atoms with Crippen LogP contribution >= 0.6 is 31.9 Å². The fraction of sp³-hybridized carbons (Fsp3) is 0.429. The summed E-state index contributed by atoms with van der Waals surface area (Å²) in [4.78, 5) is 26.0. The van der Waals surface area contributed by atoms with E-state index < -0.39 is 11.9 Å². The van der Waals surface area contributed by atoms with Crippen LogP contribution in [-0.4, -0.2) is 23.5 Å². The number of hydrogen-bond acceptors (Lipinski definition) is 5. The second-order valence-electron chi connectivity index (χ2n) is 7.98. The van der Waals surface area contributed by atoms with Crippen molar-refractivity contribution in [3.05, 3.63) is 49.2 Å². The molecule has 1 aromatic rings. The standard InChI is InChI=1S/C21H23Br2NO4/c1-5-28-20(27)16-10(2)24-14-8-21(3,4)9-15(25)18(14)17(16)12-6-11(22)7-13(23)19(12)26/h6-7,17,24,26H,5,8-9H2,1-4H3/t17-/m0/s1. The maximum Gasteiger partial charge on any atom is 0.336 e. The lowest BCUT2D eigenvalue weighted by molar-refractivity contribution is -0.138. The van der Waals surface area contributed by atoms with Gasteiger partial charge in [0.05, 0.1) is 22.6 Å². The van der Waals surface area contributed by atoms with Gasteiger partial charge in [-0.05, 0) is 53.7 Å². The molecule has 150 valence electrons. The van der Waals surface area contributed by atoms with Gasteiger partial charge in [-0.25, -0.2) is 4.79 Å². The SMILES string of the molecule is CCOC(=O)C1=C(C)NC2=C(C(=O)CC(C)(C)C2)[C@H]1c1cc(Br)cc(Br)c1O. The first-order valence-electron chi connectivity index (χ1n) is 9.14. The number of Topliss-reactive ketones (excluding diaryl/α,β-unsaturated/α-hetero) is 1. The van der Waals surface area contributed by atoms with Crippen molar-refractivity contribution in [3.8, 4) is 5.75 Å². The fourth-order valence-corrected chi connectivity index (χ4v) is 5.29. The largest absolute Gasteiger partial charge is 0.506 e. The Morgan fingerprint density at radius 1 is 1.32 bits per heavy atom. The Kier molecular flexibility index (Phi) is 5.79. The van der Waals surface area contributed by atoms with Crippen molar-refractivity contribution in [1.29, 1.82) is 0 Å². The van der Waals surface area contributed by atoms with E-state index in [9.17, 15) is 14.7 Å². The number of ketones is 1. The van der Waals surface area contributed by atoms with Gasteiger partial charge in [0, 0.05) is 33.4 Å². The molecule has 1 atom stereocenters. The molecule has 2 aliphatic rings.